The van der Waals surface area contributed by atoms with E-state index in [-0.39, 0.29) is 5.91 Å². The van der Waals surface area contributed by atoms with E-state index in [4.69, 9.17) is 9.47 Å². The van der Waals surface area contributed by atoms with Gasteiger partial charge in [-0.05, 0) is 38.3 Å². The maximum Gasteiger partial charge on any atom is 0.275 e. The molecule has 2 rings (SSSR count). The first-order valence-corrected chi connectivity index (χ1v) is 8.08. The Morgan fingerprint density at radius 2 is 2.09 bits per heavy atom. The van der Waals surface area contributed by atoms with Gasteiger partial charge in [0, 0.05) is 0 Å². The third-order valence-corrected chi connectivity index (χ3v) is 4.22. The minimum atomic E-state index is 0.104. The van der Waals surface area contributed by atoms with E-state index in [1.807, 2.05) is 24.3 Å². The molecule has 5 nitrogen and oxygen atoms in total. The molecule has 0 saturated carbocycles. The van der Waals surface area contributed by atoms with Crippen molar-refractivity contribution >= 4 is 5.91 Å². The van der Waals surface area contributed by atoms with Crippen molar-refractivity contribution < 1.29 is 19.2 Å². The SMILES string of the molecule is COc1ccccc1OCCNC(=O)C[NH+]1CCCC[C@@H]1C. The first-order valence-electron chi connectivity index (χ1n) is 8.08. The summed E-state index contributed by atoms with van der Waals surface area (Å²) >= 11 is 0. The molecule has 1 heterocycles. The average Bonchev–Trinajstić information content (AvgIpc) is 2.54. The number of benzene rings is 1. The molecule has 1 aliphatic heterocycles. The summed E-state index contributed by atoms with van der Waals surface area (Å²) < 4.78 is 10.9. The Bertz CT molecular complexity index is 479. The molecule has 2 N–H and O–H groups in total. The van der Waals surface area contributed by atoms with Gasteiger partial charge in [0.05, 0.1) is 26.2 Å². The number of amides is 1. The molecule has 1 aromatic carbocycles. The maximum absolute atomic E-state index is 12.0. The van der Waals surface area contributed by atoms with Gasteiger partial charge in [0.2, 0.25) is 0 Å². The number of carbonyl (C=O) groups excluding carboxylic acids is 1. The minimum absolute atomic E-state index is 0.104. The Balaban J connectivity index is 1.66. The number of ether oxygens (including phenoxy) is 2. The average molecular weight is 307 g/mol. The standard InChI is InChI=1S/C17H26N2O3/c1-14-7-5-6-11-19(14)13-17(20)18-10-12-22-16-9-4-3-8-15(16)21-2/h3-4,8-9,14H,5-7,10-13H2,1-2H3,(H,18,20)/p+1/t14-/m0/s1. The third kappa shape index (κ3) is 4.91. The third-order valence-electron chi connectivity index (χ3n) is 4.22. The van der Waals surface area contributed by atoms with Crippen LogP contribution in [0.1, 0.15) is 26.2 Å². The van der Waals surface area contributed by atoms with E-state index < -0.39 is 0 Å². The number of methoxy groups -OCH3 is 1. The number of para-hydroxylation sites is 2. The Morgan fingerprint density at radius 1 is 1.32 bits per heavy atom. The summed E-state index contributed by atoms with van der Waals surface area (Å²) in [7, 11) is 1.62. The van der Waals surface area contributed by atoms with Crippen LogP contribution in [0.25, 0.3) is 0 Å². The van der Waals surface area contributed by atoms with Gasteiger partial charge in [-0.1, -0.05) is 12.1 Å². The molecule has 0 aliphatic carbocycles. The van der Waals surface area contributed by atoms with Crippen LogP contribution in [0, 0.1) is 0 Å². The molecule has 0 spiro atoms. The van der Waals surface area contributed by atoms with Gasteiger partial charge >= 0.3 is 0 Å². The fourth-order valence-corrected chi connectivity index (χ4v) is 2.87. The molecule has 0 bridgehead atoms. The second kappa shape index (κ2) is 8.63. The van der Waals surface area contributed by atoms with Crippen molar-refractivity contribution in [3.8, 4) is 11.5 Å². The number of hydrogen-bond acceptors (Lipinski definition) is 3. The molecular weight excluding hydrogens is 280 g/mol. The highest BCUT2D eigenvalue weighted by Gasteiger charge is 2.23. The van der Waals surface area contributed by atoms with E-state index in [0.29, 0.717) is 37.2 Å². The molecule has 1 amide bonds. The maximum atomic E-state index is 12.0. The van der Waals surface area contributed by atoms with E-state index in [9.17, 15) is 4.79 Å². The molecule has 5 heteroatoms. The summed E-state index contributed by atoms with van der Waals surface area (Å²) in [5.41, 5.74) is 0. The summed E-state index contributed by atoms with van der Waals surface area (Å²) in [6, 6.07) is 8.10. The molecular formula is C17H27N2O3+. The van der Waals surface area contributed by atoms with E-state index >= 15 is 0 Å². The van der Waals surface area contributed by atoms with Crippen molar-refractivity contribution in [2.24, 2.45) is 0 Å². The number of carbonyl (C=O) groups is 1. The predicted molar refractivity (Wildman–Crippen MR) is 85.5 cm³/mol. The summed E-state index contributed by atoms with van der Waals surface area (Å²) in [5.74, 6) is 1.52. The normalized spacial score (nSPS) is 21.2. The number of piperidine rings is 1. The van der Waals surface area contributed by atoms with Crippen LogP contribution in [0.3, 0.4) is 0 Å². The molecule has 1 unspecified atom stereocenters. The lowest BCUT2D eigenvalue weighted by molar-refractivity contribution is -0.921. The van der Waals surface area contributed by atoms with Gasteiger partial charge in [0.25, 0.3) is 5.91 Å². The second-order valence-corrected chi connectivity index (χ2v) is 5.83. The van der Waals surface area contributed by atoms with Crippen LogP contribution >= 0.6 is 0 Å². The first kappa shape index (κ1) is 16.6. The highest BCUT2D eigenvalue weighted by Crippen LogP contribution is 2.25. The lowest BCUT2D eigenvalue weighted by atomic mass is 10.0. The highest BCUT2D eigenvalue weighted by molar-refractivity contribution is 5.76. The number of likely N-dealkylation sites (tertiary alicyclic amines) is 1. The number of quaternary nitrogens is 1. The summed E-state index contributed by atoms with van der Waals surface area (Å²) in [6.07, 6.45) is 3.74. The van der Waals surface area contributed by atoms with Crippen molar-refractivity contribution in [3.05, 3.63) is 24.3 Å². The van der Waals surface area contributed by atoms with Crippen LogP contribution in [-0.4, -0.2) is 45.3 Å². The molecule has 0 radical (unpaired) electrons. The van der Waals surface area contributed by atoms with Crippen LogP contribution in [0.5, 0.6) is 11.5 Å². The van der Waals surface area contributed by atoms with Crippen LogP contribution in [0.4, 0.5) is 0 Å². The van der Waals surface area contributed by atoms with Crippen molar-refractivity contribution in [2.45, 2.75) is 32.2 Å². The van der Waals surface area contributed by atoms with E-state index in [1.165, 1.54) is 24.2 Å². The lowest BCUT2D eigenvalue weighted by Gasteiger charge is -2.29. The van der Waals surface area contributed by atoms with Crippen LogP contribution in [0.15, 0.2) is 24.3 Å². The molecule has 1 fully saturated rings. The molecule has 1 aliphatic rings. The zero-order valence-electron chi connectivity index (χ0n) is 13.6. The van der Waals surface area contributed by atoms with Crippen molar-refractivity contribution in [1.82, 2.24) is 5.32 Å². The molecule has 2 atom stereocenters. The van der Waals surface area contributed by atoms with Gasteiger partial charge in [0.15, 0.2) is 18.0 Å². The zero-order valence-corrected chi connectivity index (χ0v) is 13.6. The monoisotopic (exact) mass is 307 g/mol. The van der Waals surface area contributed by atoms with Gasteiger partial charge in [0.1, 0.15) is 6.61 Å². The summed E-state index contributed by atoms with van der Waals surface area (Å²) in [5, 5.41) is 2.93. The Kier molecular flexibility index (Phi) is 6.52. The molecule has 1 saturated heterocycles. The van der Waals surface area contributed by atoms with Crippen molar-refractivity contribution in [1.29, 1.82) is 0 Å². The van der Waals surface area contributed by atoms with Crippen LogP contribution in [0.2, 0.25) is 0 Å². The van der Waals surface area contributed by atoms with Gasteiger partial charge < -0.3 is 19.7 Å². The Hall–Kier alpha value is -1.75. The number of rotatable bonds is 7. The Morgan fingerprint density at radius 3 is 2.82 bits per heavy atom. The van der Waals surface area contributed by atoms with Crippen molar-refractivity contribution in [3.63, 3.8) is 0 Å². The largest absolute Gasteiger partial charge is 0.493 e. The van der Waals surface area contributed by atoms with E-state index in [0.717, 1.165) is 6.54 Å². The molecule has 122 valence electrons. The quantitative estimate of drug-likeness (QED) is 0.727. The van der Waals surface area contributed by atoms with Gasteiger partial charge in [-0.25, -0.2) is 0 Å². The van der Waals surface area contributed by atoms with Gasteiger partial charge in [-0.2, -0.15) is 0 Å². The van der Waals surface area contributed by atoms with Crippen LogP contribution in [-0.2, 0) is 4.79 Å². The predicted octanol–water partition coefficient (Wildman–Crippen LogP) is 0.648. The van der Waals surface area contributed by atoms with Crippen LogP contribution < -0.4 is 19.7 Å². The fraction of sp³-hybridized carbons (Fsp3) is 0.588. The minimum Gasteiger partial charge on any atom is -0.493 e. The lowest BCUT2D eigenvalue weighted by Crippen LogP contribution is -3.17. The molecule has 22 heavy (non-hydrogen) atoms. The number of hydrogen-bond donors (Lipinski definition) is 2. The number of nitrogens with one attached hydrogen (secondary N) is 2. The zero-order chi connectivity index (χ0) is 15.8. The second-order valence-electron chi connectivity index (χ2n) is 5.83. The smallest absolute Gasteiger partial charge is 0.275 e. The van der Waals surface area contributed by atoms with E-state index in [1.54, 1.807) is 7.11 Å². The molecule has 0 aromatic heterocycles. The Labute approximate surface area is 132 Å². The topological polar surface area (TPSA) is 52.0 Å². The fourth-order valence-electron chi connectivity index (χ4n) is 2.87. The van der Waals surface area contributed by atoms with Gasteiger partial charge in [-0.3, -0.25) is 4.79 Å². The van der Waals surface area contributed by atoms with Gasteiger partial charge in [-0.15, -0.1) is 0 Å². The van der Waals surface area contributed by atoms with E-state index in [2.05, 4.69) is 12.2 Å². The first-order chi connectivity index (χ1) is 10.7. The molecule has 1 aromatic rings. The summed E-state index contributed by atoms with van der Waals surface area (Å²) in [4.78, 5) is 13.4. The summed E-state index contributed by atoms with van der Waals surface area (Å²) in [6.45, 7) is 4.85. The highest BCUT2D eigenvalue weighted by atomic mass is 16.5. The van der Waals surface area contributed by atoms with Crippen molar-refractivity contribution in [2.75, 3.05) is 33.4 Å².